The number of nitrogens with two attached hydrogens (primary N) is 1. The third-order valence-electron chi connectivity index (χ3n) is 3.65. The van der Waals surface area contributed by atoms with Crippen LogP contribution in [0.4, 0.5) is 0 Å². The Balaban J connectivity index is 2.11. The van der Waals surface area contributed by atoms with Crippen molar-refractivity contribution < 1.29 is 4.74 Å². The molecule has 21 heavy (non-hydrogen) atoms. The topological polar surface area (TPSA) is 38.5 Å². The first-order valence-corrected chi connectivity index (χ1v) is 7.23. The lowest BCUT2D eigenvalue weighted by molar-refractivity contribution is 0.309. The lowest BCUT2D eigenvalue weighted by Gasteiger charge is -2.20. The molecule has 2 N–H and O–H groups in total. The Morgan fingerprint density at radius 3 is 2.33 bits per heavy atom. The monoisotopic (exact) mass is 284 g/mol. The summed E-state index contributed by atoms with van der Waals surface area (Å²) >= 11 is 0. The average Bonchev–Trinajstić information content (AvgIpc) is 2.48. The smallest absolute Gasteiger partial charge is 0.123 e. The molecule has 0 spiro atoms. The van der Waals surface area contributed by atoms with Gasteiger partial charge in [0.2, 0.25) is 0 Å². The van der Waals surface area contributed by atoms with Crippen LogP contribution >= 0.6 is 0 Å². The van der Waals surface area contributed by atoms with Gasteiger partial charge in [-0.25, -0.2) is 0 Å². The van der Waals surface area contributed by atoms with Gasteiger partial charge in [-0.15, -0.1) is 0 Å². The molecule has 3 heteroatoms. The van der Waals surface area contributed by atoms with E-state index in [2.05, 4.69) is 49.2 Å². The fourth-order valence-corrected chi connectivity index (χ4v) is 2.58. The number of ether oxygens (including phenoxy) is 1. The third kappa shape index (κ3) is 4.06. The second-order valence-corrected chi connectivity index (χ2v) is 5.46. The fraction of sp³-hybridized carbons (Fsp3) is 0.333. The van der Waals surface area contributed by atoms with E-state index in [1.165, 1.54) is 22.3 Å². The molecule has 0 saturated carbocycles. The van der Waals surface area contributed by atoms with Crippen molar-refractivity contribution in [1.29, 1.82) is 0 Å². The molecule has 112 valence electrons. The average molecular weight is 284 g/mol. The second kappa shape index (κ2) is 7.25. The summed E-state index contributed by atoms with van der Waals surface area (Å²) in [6, 6.07) is 14.6. The van der Waals surface area contributed by atoms with Crippen molar-refractivity contribution in [3.8, 4) is 5.75 Å². The summed E-state index contributed by atoms with van der Waals surface area (Å²) in [7, 11) is 3.84. The van der Waals surface area contributed by atoms with Crippen LogP contribution in [0.5, 0.6) is 5.75 Å². The van der Waals surface area contributed by atoms with Gasteiger partial charge in [0.25, 0.3) is 0 Å². The van der Waals surface area contributed by atoms with Gasteiger partial charge >= 0.3 is 0 Å². The zero-order valence-corrected chi connectivity index (χ0v) is 13.1. The van der Waals surface area contributed by atoms with Gasteiger partial charge in [0.1, 0.15) is 5.75 Å². The molecule has 0 fully saturated rings. The highest BCUT2D eigenvalue weighted by Crippen LogP contribution is 2.22. The largest absolute Gasteiger partial charge is 0.496 e. The number of hydrogen-bond acceptors (Lipinski definition) is 3. The first-order chi connectivity index (χ1) is 10.1. The van der Waals surface area contributed by atoms with E-state index >= 15 is 0 Å². The van der Waals surface area contributed by atoms with Crippen molar-refractivity contribution in [3.05, 3.63) is 64.7 Å². The standard InChI is InChI=1S/C18H24N2O/c1-14-8-9-18(21-3)17(10-14)13-20(2)12-16-7-5-4-6-15(16)11-19/h4-10H,11-13,19H2,1-3H3. The van der Waals surface area contributed by atoms with Gasteiger partial charge in [-0.1, -0.05) is 42.0 Å². The molecular weight excluding hydrogens is 260 g/mol. The van der Waals surface area contributed by atoms with Crippen LogP contribution in [0, 0.1) is 6.92 Å². The Kier molecular flexibility index (Phi) is 5.37. The number of hydrogen-bond donors (Lipinski definition) is 1. The first kappa shape index (κ1) is 15.5. The summed E-state index contributed by atoms with van der Waals surface area (Å²) in [6.07, 6.45) is 0. The second-order valence-electron chi connectivity index (χ2n) is 5.46. The lowest BCUT2D eigenvalue weighted by Crippen LogP contribution is -2.19. The molecule has 0 bridgehead atoms. The summed E-state index contributed by atoms with van der Waals surface area (Å²) in [5, 5.41) is 0. The summed E-state index contributed by atoms with van der Waals surface area (Å²) < 4.78 is 5.45. The number of nitrogens with zero attached hydrogens (tertiary/aromatic N) is 1. The number of benzene rings is 2. The quantitative estimate of drug-likeness (QED) is 0.886. The molecule has 2 aromatic rings. The lowest BCUT2D eigenvalue weighted by atomic mass is 10.1. The first-order valence-electron chi connectivity index (χ1n) is 7.23. The van der Waals surface area contributed by atoms with Crippen LogP contribution in [0.2, 0.25) is 0 Å². The SMILES string of the molecule is COc1ccc(C)cc1CN(C)Cc1ccccc1CN. The minimum Gasteiger partial charge on any atom is -0.496 e. The number of methoxy groups -OCH3 is 1. The molecule has 0 aromatic heterocycles. The molecule has 0 aliphatic heterocycles. The highest BCUT2D eigenvalue weighted by molar-refractivity contribution is 5.37. The van der Waals surface area contributed by atoms with Crippen LogP contribution in [0.15, 0.2) is 42.5 Å². The molecular formula is C18H24N2O. The molecule has 2 rings (SSSR count). The maximum atomic E-state index is 5.81. The maximum absolute atomic E-state index is 5.81. The predicted molar refractivity (Wildman–Crippen MR) is 87.2 cm³/mol. The zero-order chi connectivity index (χ0) is 15.2. The molecule has 0 unspecified atom stereocenters. The van der Waals surface area contributed by atoms with E-state index in [0.29, 0.717) is 6.54 Å². The van der Waals surface area contributed by atoms with Crippen LogP contribution in [0.1, 0.15) is 22.3 Å². The third-order valence-corrected chi connectivity index (χ3v) is 3.65. The van der Waals surface area contributed by atoms with E-state index < -0.39 is 0 Å². The molecule has 0 aliphatic carbocycles. The van der Waals surface area contributed by atoms with E-state index in [9.17, 15) is 0 Å². The Morgan fingerprint density at radius 2 is 1.67 bits per heavy atom. The van der Waals surface area contributed by atoms with Crippen molar-refractivity contribution in [1.82, 2.24) is 4.90 Å². The molecule has 0 amide bonds. The van der Waals surface area contributed by atoms with E-state index in [0.717, 1.165) is 18.8 Å². The van der Waals surface area contributed by atoms with Gasteiger partial charge in [-0.3, -0.25) is 4.90 Å². The van der Waals surface area contributed by atoms with Gasteiger partial charge in [0.05, 0.1) is 7.11 Å². The maximum Gasteiger partial charge on any atom is 0.123 e. The van der Waals surface area contributed by atoms with Crippen molar-refractivity contribution in [3.63, 3.8) is 0 Å². The summed E-state index contributed by atoms with van der Waals surface area (Å²) in [6.45, 7) is 4.42. The zero-order valence-electron chi connectivity index (χ0n) is 13.1. The van der Waals surface area contributed by atoms with Gasteiger partial charge in [0.15, 0.2) is 0 Å². The van der Waals surface area contributed by atoms with Gasteiger partial charge in [-0.05, 0) is 31.2 Å². The van der Waals surface area contributed by atoms with E-state index in [4.69, 9.17) is 10.5 Å². The van der Waals surface area contributed by atoms with Gasteiger partial charge in [-0.2, -0.15) is 0 Å². The molecule has 2 aromatic carbocycles. The molecule has 0 heterocycles. The van der Waals surface area contributed by atoms with E-state index in [-0.39, 0.29) is 0 Å². The normalized spacial score (nSPS) is 10.9. The molecule has 0 saturated heterocycles. The highest BCUT2D eigenvalue weighted by Gasteiger charge is 2.09. The Labute approximate surface area is 127 Å². The van der Waals surface area contributed by atoms with E-state index in [1.54, 1.807) is 7.11 Å². The molecule has 3 nitrogen and oxygen atoms in total. The fourth-order valence-electron chi connectivity index (χ4n) is 2.58. The summed E-state index contributed by atoms with van der Waals surface area (Å²) in [5.74, 6) is 0.944. The molecule has 0 aliphatic rings. The Bertz CT molecular complexity index is 596. The summed E-state index contributed by atoms with van der Waals surface area (Å²) in [5.41, 5.74) is 10.8. The van der Waals surface area contributed by atoms with Crippen LogP contribution < -0.4 is 10.5 Å². The number of rotatable bonds is 6. The van der Waals surface area contributed by atoms with Crippen molar-refractivity contribution in [2.45, 2.75) is 26.6 Å². The van der Waals surface area contributed by atoms with E-state index in [1.807, 2.05) is 12.1 Å². The Morgan fingerprint density at radius 1 is 1.00 bits per heavy atom. The van der Waals surface area contributed by atoms with Crippen LogP contribution in [0.3, 0.4) is 0 Å². The van der Waals surface area contributed by atoms with Gasteiger partial charge < -0.3 is 10.5 Å². The molecule has 0 radical (unpaired) electrons. The number of aryl methyl sites for hydroxylation is 1. The highest BCUT2D eigenvalue weighted by atomic mass is 16.5. The van der Waals surface area contributed by atoms with Crippen LogP contribution in [-0.4, -0.2) is 19.1 Å². The van der Waals surface area contributed by atoms with Crippen molar-refractivity contribution in [2.75, 3.05) is 14.2 Å². The minimum atomic E-state index is 0.581. The van der Waals surface area contributed by atoms with Crippen LogP contribution in [-0.2, 0) is 19.6 Å². The predicted octanol–water partition coefficient (Wildman–Crippen LogP) is 3.09. The van der Waals surface area contributed by atoms with Crippen molar-refractivity contribution in [2.24, 2.45) is 5.73 Å². The van der Waals surface area contributed by atoms with Crippen LogP contribution in [0.25, 0.3) is 0 Å². The van der Waals surface area contributed by atoms with Gasteiger partial charge in [0, 0.05) is 25.2 Å². The summed E-state index contributed by atoms with van der Waals surface area (Å²) in [4.78, 5) is 2.28. The van der Waals surface area contributed by atoms with Crippen molar-refractivity contribution >= 4 is 0 Å². The Hall–Kier alpha value is -1.84. The molecule has 0 atom stereocenters. The minimum absolute atomic E-state index is 0.581.